The monoisotopic (exact) mass is 137 g/mol. The highest BCUT2D eigenvalue weighted by molar-refractivity contribution is 5.00. The average molecular weight is 137 g/mol. The lowest BCUT2D eigenvalue weighted by Gasteiger charge is -2.07. The first-order valence-electron chi connectivity index (χ1n) is 3.76. The number of allylic oxidation sites excluding steroid dienone is 3. The maximum absolute atomic E-state index is 3.71. The van der Waals surface area contributed by atoms with Gasteiger partial charge in [-0.2, -0.15) is 0 Å². The lowest BCUT2D eigenvalue weighted by atomic mass is 9.99. The van der Waals surface area contributed by atoms with Crippen LogP contribution in [0.1, 0.15) is 26.7 Å². The molecule has 0 bridgehead atoms. The molecule has 0 aromatic heterocycles. The highest BCUT2D eigenvalue weighted by Crippen LogP contribution is 2.13. The number of hydrogen-bond donors (Lipinski definition) is 0. The second-order valence-electron chi connectivity index (χ2n) is 2.88. The van der Waals surface area contributed by atoms with E-state index in [9.17, 15) is 0 Å². The van der Waals surface area contributed by atoms with Crippen molar-refractivity contribution in [3.8, 4) is 0 Å². The molecule has 57 valence electrons. The third kappa shape index (κ3) is 4.37. The van der Waals surface area contributed by atoms with Gasteiger partial charge >= 0.3 is 0 Å². The third-order valence-corrected chi connectivity index (χ3v) is 1.59. The van der Waals surface area contributed by atoms with Crippen molar-refractivity contribution in [1.82, 2.24) is 0 Å². The molecule has 1 unspecified atom stereocenters. The van der Waals surface area contributed by atoms with Gasteiger partial charge in [0.05, 0.1) is 0 Å². The molecular weight excluding hydrogens is 120 g/mol. The van der Waals surface area contributed by atoms with Crippen molar-refractivity contribution in [2.75, 3.05) is 0 Å². The molecule has 0 heterocycles. The minimum atomic E-state index is 0.718. The molecule has 10 heavy (non-hydrogen) atoms. The van der Waals surface area contributed by atoms with Gasteiger partial charge in [-0.05, 0) is 32.6 Å². The second kappa shape index (κ2) is 5.28. The van der Waals surface area contributed by atoms with Gasteiger partial charge in [-0.25, -0.2) is 0 Å². The summed E-state index contributed by atoms with van der Waals surface area (Å²) in [6.45, 7) is 11.8. The first kappa shape index (κ1) is 9.48. The lowest BCUT2D eigenvalue weighted by molar-refractivity contribution is 0.587. The quantitative estimate of drug-likeness (QED) is 0.521. The summed E-state index contributed by atoms with van der Waals surface area (Å²) < 4.78 is 0. The van der Waals surface area contributed by atoms with Crippen molar-refractivity contribution in [3.05, 3.63) is 31.2 Å². The second-order valence-corrected chi connectivity index (χ2v) is 2.88. The standard InChI is InChI=1S/C10H17/c1-5-7-10(4)8-9(3)6-2/h5-6,10H,1-2,7-8H2,3-4H3. The molecule has 0 aliphatic carbocycles. The molecule has 0 aromatic rings. The van der Waals surface area contributed by atoms with Gasteiger partial charge in [0.1, 0.15) is 0 Å². The molecule has 0 heteroatoms. The van der Waals surface area contributed by atoms with E-state index in [0.717, 1.165) is 18.8 Å². The van der Waals surface area contributed by atoms with E-state index < -0.39 is 0 Å². The molecule has 0 rings (SSSR count). The Morgan fingerprint density at radius 3 is 2.60 bits per heavy atom. The minimum Gasteiger partial charge on any atom is -0.103 e. The Morgan fingerprint density at radius 2 is 2.20 bits per heavy atom. The van der Waals surface area contributed by atoms with Crippen LogP contribution in [-0.2, 0) is 0 Å². The summed E-state index contributed by atoms with van der Waals surface area (Å²) in [5.74, 6) is 0.718. The van der Waals surface area contributed by atoms with Crippen LogP contribution in [0.4, 0.5) is 0 Å². The molecule has 0 fully saturated rings. The topological polar surface area (TPSA) is 0 Å². The Morgan fingerprint density at radius 1 is 1.60 bits per heavy atom. The van der Waals surface area contributed by atoms with E-state index in [0.29, 0.717) is 0 Å². The smallest absolute Gasteiger partial charge is 0.0294 e. The first-order valence-corrected chi connectivity index (χ1v) is 3.76. The van der Waals surface area contributed by atoms with Gasteiger partial charge in [-0.3, -0.25) is 0 Å². The molecule has 0 aliphatic rings. The van der Waals surface area contributed by atoms with Crippen LogP contribution in [-0.4, -0.2) is 0 Å². The molecule has 0 nitrogen and oxygen atoms in total. The molecule has 0 aromatic carbocycles. The van der Waals surface area contributed by atoms with Gasteiger partial charge in [0, 0.05) is 0 Å². The third-order valence-electron chi connectivity index (χ3n) is 1.59. The van der Waals surface area contributed by atoms with Crippen LogP contribution in [0.3, 0.4) is 0 Å². The Balaban J connectivity index is 3.56. The summed E-state index contributed by atoms with van der Waals surface area (Å²) in [6, 6.07) is 0. The van der Waals surface area contributed by atoms with Crippen LogP contribution in [0, 0.1) is 12.8 Å². The minimum absolute atomic E-state index is 0.718. The van der Waals surface area contributed by atoms with Gasteiger partial charge < -0.3 is 0 Å². The van der Waals surface area contributed by atoms with Gasteiger partial charge in [-0.1, -0.05) is 24.6 Å². The molecule has 0 spiro atoms. The van der Waals surface area contributed by atoms with Crippen molar-refractivity contribution in [2.45, 2.75) is 26.7 Å². The van der Waals surface area contributed by atoms with Crippen molar-refractivity contribution >= 4 is 0 Å². The maximum Gasteiger partial charge on any atom is -0.0294 e. The Kier molecular flexibility index (Phi) is 5.00. The van der Waals surface area contributed by atoms with Crippen LogP contribution in [0.15, 0.2) is 24.3 Å². The van der Waals surface area contributed by atoms with E-state index in [-0.39, 0.29) is 0 Å². The Hall–Kier alpha value is -0.520. The van der Waals surface area contributed by atoms with E-state index in [2.05, 4.69) is 27.4 Å². The van der Waals surface area contributed by atoms with Crippen molar-refractivity contribution in [2.24, 2.45) is 5.92 Å². The molecule has 1 radical (unpaired) electrons. The van der Waals surface area contributed by atoms with Gasteiger partial charge in [0.15, 0.2) is 0 Å². The summed E-state index contributed by atoms with van der Waals surface area (Å²) in [5, 5.41) is 0. The number of rotatable bonds is 4. The zero-order valence-electron chi connectivity index (χ0n) is 7.06. The predicted molar refractivity (Wildman–Crippen MR) is 47.7 cm³/mol. The van der Waals surface area contributed by atoms with E-state index in [1.807, 2.05) is 12.2 Å². The summed E-state index contributed by atoms with van der Waals surface area (Å²) in [4.78, 5) is 0. The van der Waals surface area contributed by atoms with E-state index in [1.165, 1.54) is 5.57 Å². The van der Waals surface area contributed by atoms with Crippen LogP contribution >= 0.6 is 0 Å². The number of hydrogen-bond acceptors (Lipinski definition) is 0. The van der Waals surface area contributed by atoms with E-state index in [4.69, 9.17) is 0 Å². The van der Waals surface area contributed by atoms with Gasteiger partial charge in [0.25, 0.3) is 0 Å². The highest BCUT2D eigenvalue weighted by atomic mass is 14.0. The van der Waals surface area contributed by atoms with Crippen LogP contribution < -0.4 is 0 Å². The van der Waals surface area contributed by atoms with Crippen molar-refractivity contribution in [3.63, 3.8) is 0 Å². The Labute approximate surface area is 64.6 Å². The van der Waals surface area contributed by atoms with E-state index >= 15 is 0 Å². The van der Waals surface area contributed by atoms with Gasteiger partial charge in [-0.15, -0.1) is 6.58 Å². The fourth-order valence-electron chi connectivity index (χ4n) is 1.00. The maximum atomic E-state index is 3.71. The molecule has 0 aliphatic heterocycles. The van der Waals surface area contributed by atoms with Crippen molar-refractivity contribution in [1.29, 1.82) is 0 Å². The SMILES string of the molecule is [CH2]C=C(C)CC(C)CC=C. The molecule has 0 saturated heterocycles. The average Bonchev–Trinajstić information content (AvgIpc) is 1.88. The zero-order chi connectivity index (χ0) is 7.98. The summed E-state index contributed by atoms with van der Waals surface area (Å²) in [6.07, 6.45) is 6.15. The molecule has 0 N–H and O–H groups in total. The molecular formula is C10H17. The highest BCUT2D eigenvalue weighted by Gasteiger charge is 1.98. The molecule has 0 saturated carbocycles. The van der Waals surface area contributed by atoms with E-state index in [1.54, 1.807) is 0 Å². The Bertz CT molecular complexity index is 120. The zero-order valence-corrected chi connectivity index (χ0v) is 7.06. The predicted octanol–water partition coefficient (Wildman–Crippen LogP) is 3.37. The van der Waals surface area contributed by atoms with Crippen LogP contribution in [0.25, 0.3) is 0 Å². The fourth-order valence-corrected chi connectivity index (χ4v) is 1.00. The van der Waals surface area contributed by atoms with Crippen LogP contribution in [0.2, 0.25) is 0 Å². The van der Waals surface area contributed by atoms with Crippen LogP contribution in [0.5, 0.6) is 0 Å². The summed E-state index contributed by atoms with van der Waals surface area (Å²) in [7, 11) is 0. The molecule has 0 amide bonds. The summed E-state index contributed by atoms with van der Waals surface area (Å²) >= 11 is 0. The van der Waals surface area contributed by atoms with Gasteiger partial charge in [0.2, 0.25) is 0 Å². The fraction of sp³-hybridized carbons (Fsp3) is 0.500. The first-order chi connectivity index (χ1) is 4.70. The largest absolute Gasteiger partial charge is 0.103 e. The lowest BCUT2D eigenvalue weighted by Crippen LogP contribution is -1.92. The molecule has 1 atom stereocenters. The summed E-state index contributed by atoms with van der Waals surface area (Å²) in [5.41, 5.74) is 1.37. The normalized spacial score (nSPS) is 14.9. The van der Waals surface area contributed by atoms with Crippen molar-refractivity contribution < 1.29 is 0 Å².